The SMILES string of the molecule is CC1SCCSC1C(=O)c1ccc(C(F)(F)F)cc1. The lowest BCUT2D eigenvalue weighted by Crippen LogP contribution is -2.31. The minimum absolute atomic E-state index is 0.0709. The highest BCUT2D eigenvalue weighted by Crippen LogP contribution is 2.34. The summed E-state index contributed by atoms with van der Waals surface area (Å²) in [5, 5.41) is 0.0454. The number of carbonyl (C=O) groups is 1. The Labute approximate surface area is 118 Å². The van der Waals surface area contributed by atoms with Gasteiger partial charge < -0.3 is 0 Å². The molecule has 0 bridgehead atoms. The number of benzene rings is 1. The van der Waals surface area contributed by atoms with Crippen LogP contribution in [0, 0.1) is 0 Å². The molecule has 0 aromatic heterocycles. The summed E-state index contributed by atoms with van der Waals surface area (Å²) in [6.07, 6.45) is -4.36. The van der Waals surface area contributed by atoms with Gasteiger partial charge in [0.05, 0.1) is 10.8 Å². The Morgan fingerprint density at radius 2 is 1.74 bits per heavy atom. The Bertz CT molecular complexity index is 456. The molecule has 19 heavy (non-hydrogen) atoms. The van der Waals surface area contributed by atoms with Crippen molar-refractivity contribution >= 4 is 29.3 Å². The first-order valence-corrected chi connectivity index (χ1v) is 7.94. The molecule has 0 amide bonds. The maximum absolute atomic E-state index is 12.4. The van der Waals surface area contributed by atoms with Crippen molar-refractivity contribution in [1.29, 1.82) is 0 Å². The number of Topliss-reactive ketones (excluding diaryl/α,β-unsaturated/α-hetero) is 1. The minimum atomic E-state index is -4.36. The van der Waals surface area contributed by atoms with Gasteiger partial charge in [-0.2, -0.15) is 24.9 Å². The third-order valence-electron chi connectivity index (χ3n) is 2.94. The van der Waals surface area contributed by atoms with Crippen molar-refractivity contribution in [2.75, 3.05) is 11.5 Å². The molecule has 1 aromatic carbocycles. The van der Waals surface area contributed by atoms with Crippen LogP contribution in [-0.4, -0.2) is 27.8 Å². The predicted molar refractivity (Wildman–Crippen MR) is 73.9 cm³/mol. The molecule has 0 spiro atoms. The van der Waals surface area contributed by atoms with E-state index in [1.165, 1.54) is 12.1 Å². The highest BCUT2D eigenvalue weighted by atomic mass is 32.2. The van der Waals surface area contributed by atoms with Crippen molar-refractivity contribution in [3.8, 4) is 0 Å². The normalized spacial score (nSPS) is 24.2. The molecule has 2 atom stereocenters. The van der Waals surface area contributed by atoms with Crippen molar-refractivity contribution in [3.05, 3.63) is 35.4 Å². The molecule has 6 heteroatoms. The molecule has 1 heterocycles. The maximum atomic E-state index is 12.4. The molecule has 1 fully saturated rings. The first-order valence-electron chi connectivity index (χ1n) is 5.84. The highest BCUT2D eigenvalue weighted by molar-refractivity contribution is 8.07. The molecule has 1 aliphatic rings. The van der Waals surface area contributed by atoms with E-state index in [1.807, 2.05) is 6.92 Å². The standard InChI is InChI=1S/C13H13F3OS2/c1-8-12(19-7-6-18-8)11(17)9-2-4-10(5-3-9)13(14,15)16/h2-5,8,12H,6-7H2,1H3. The van der Waals surface area contributed by atoms with E-state index in [-0.39, 0.29) is 16.3 Å². The van der Waals surface area contributed by atoms with Crippen LogP contribution in [0.3, 0.4) is 0 Å². The first-order chi connectivity index (χ1) is 8.89. The van der Waals surface area contributed by atoms with Crippen LogP contribution in [-0.2, 0) is 6.18 Å². The molecular formula is C13H13F3OS2. The van der Waals surface area contributed by atoms with Crippen LogP contribution in [0.5, 0.6) is 0 Å². The minimum Gasteiger partial charge on any atom is -0.293 e. The zero-order chi connectivity index (χ0) is 14.0. The largest absolute Gasteiger partial charge is 0.416 e. The number of thioether (sulfide) groups is 2. The van der Waals surface area contributed by atoms with Crippen LogP contribution in [0.2, 0.25) is 0 Å². The van der Waals surface area contributed by atoms with Gasteiger partial charge in [0.25, 0.3) is 0 Å². The quantitative estimate of drug-likeness (QED) is 0.765. The summed E-state index contributed by atoms with van der Waals surface area (Å²) in [4.78, 5) is 12.3. The summed E-state index contributed by atoms with van der Waals surface area (Å²) in [6, 6.07) is 4.49. The van der Waals surface area contributed by atoms with Gasteiger partial charge in [0.15, 0.2) is 5.78 Å². The van der Waals surface area contributed by atoms with Gasteiger partial charge in [0, 0.05) is 22.3 Å². The van der Waals surface area contributed by atoms with Gasteiger partial charge in [-0.1, -0.05) is 19.1 Å². The van der Waals surface area contributed by atoms with Crippen LogP contribution in [0.15, 0.2) is 24.3 Å². The lowest BCUT2D eigenvalue weighted by atomic mass is 10.0. The lowest BCUT2D eigenvalue weighted by molar-refractivity contribution is -0.137. The van der Waals surface area contributed by atoms with E-state index in [0.29, 0.717) is 5.56 Å². The fourth-order valence-corrected chi connectivity index (χ4v) is 4.63. The molecule has 1 aliphatic heterocycles. The Kier molecular flexibility index (Phi) is 4.50. The smallest absolute Gasteiger partial charge is 0.293 e. The zero-order valence-electron chi connectivity index (χ0n) is 10.2. The first kappa shape index (κ1) is 14.8. The van der Waals surface area contributed by atoms with Crippen molar-refractivity contribution in [1.82, 2.24) is 0 Å². The molecule has 0 N–H and O–H groups in total. The van der Waals surface area contributed by atoms with Crippen LogP contribution in [0.4, 0.5) is 13.2 Å². The molecule has 1 nitrogen and oxygen atoms in total. The topological polar surface area (TPSA) is 17.1 Å². The average molecular weight is 306 g/mol. The Morgan fingerprint density at radius 1 is 1.16 bits per heavy atom. The van der Waals surface area contributed by atoms with E-state index in [2.05, 4.69) is 0 Å². The molecular weight excluding hydrogens is 293 g/mol. The van der Waals surface area contributed by atoms with E-state index in [9.17, 15) is 18.0 Å². The molecule has 2 unspecified atom stereocenters. The number of alkyl halides is 3. The highest BCUT2D eigenvalue weighted by Gasteiger charge is 2.32. The van der Waals surface area contributed by atoms with Crippen molar-refractivity contribution < 1.29 is 18.0 Å². The number of halogens is 3. The average Bonchev–Trinajstić information content (AvgIpc) is 2.38. The van der Waals surface area contributed by atoms with Gasteiger partial charge >= 0.3 is 6.18 Å². The van der Waals surface area contributed by atoms with Crippen molar-refractivity contribution in [3.63, 3.8) is 0 Å². The molecule has 0 aliphatic carbocycles. The van der Waals surface area contributed by atoms with E-state index in [0.717, 1.165) is 23.6 Å². The van der Waals surface area contributed by atoms with Crippen LogP contribution in [0.1, 0.15) is 22.8 Å². The zero-order valence-corrected chi connectivity index (χ0v) is 11.9. The van der Waals surface area contributed by atoms with E-state index >= 15 is 0 Å². The van der Waals surface area contributed by atoms with Gasteiger partial charge in [-0.15, -0.1) is 11.8 Å². The molecule has 1 saturated heterocycles. The van der Waals surface area contributed by atoms with Crippen molar-refractivity contribution in [2.45, 2.75) is 23.6 Å². The lowest BCUT2D eigenvalue weighted by Gasteiger charge is -2.26. The number of hydrogen-bond donors (Lipinski definition) is 0. The summed E-state index contributed by atoms with van der Waals surface area (Å²) >= 11 is 3.33. The maximum Gasteiger partial charge on any atom is 0.416 e. The third-order valence-corrected chi connectivity index (χ3v) is 6.03. The summed E-state index contributed by atoms with van der Waals surface area (Å²) < 4.78 is 37.3. The fraction of sp³-hybridized carbons (Fsp3) is 0.462. The number of carbonyl (C=O) groups excluding carboxylic acids is 1. The molecule has 104 valence electrons. The summed E-state index contributed by atoms with van der Waals surface area (Å²) in [5.74, 6) is 1.85. The number of hydrogen-bond acceptors (Lipinski definition) is 3. The van der Waals surface area contributed by atoms with Crippen molar-refractivity contribution in [2.24, 2.45) is 0 Å². The second kappa shape index (κ2) is 5.79. The fourth-order valence-electron chi connectivity index (χ4n) is 1.91. The van der Waals surface area contributed by atoms with Crippen LogP contribution >= 0.6 is 23.5 Å². The molecule has 0 radical (unpaired) electrons. The molecule has 2 rings (SSSR count). The van der Waals surface area contributed by atoms with Crippen LogP contribution in [0.25, 0.3) is 0 Å². The molecule has 1 aromatic rings. The predicted octanol–water partition coefficient (Wildman–Crippen LogP) is 4.13. The van der Waals surface area contributed by atoms with Gasteiger partial charge in [-0.3, -0.25) is 4.79 Å². The van der Waals surface area contributed by atoms with E-state index < -0.39 is 11.7 Å². The summed E-state index contributed by atoms with van der Waals surface area (Å²) in [5.41, 5.74) is -0.359. The summed E-state index contributed by atoms with van der Waals surface area (Å²) in [6.45, 7) is 1.99. The summed E-state index contributed by atoms with van der Waals surface area (Å²) in [7, 11) is 0. The second-order valence-electron chi connectivity index (χ2n) is 4.31. The van der Waals surface area contributed by atoms with Crippen LogP contribution < -0.4 is 0 Å². The Hall–Kier alpha value is -0.620. The van der Waals surface area contributed by atoms with E-state index in [1.54, 1.807) is 23.5 Å². The van der Waals surface area contributed by atoms with E-state index in [4.69, 9.17) is 0 Å². The second-order valence-corrected chi connectivity index (χ2v) is 7.04. The van der Waals surface area contributed by atoms with Gasteiger partial charge in [0.2, 0.25) is 0 Å². The number of rotatable bonds is 2. The Balaban J connectivity index is 2.15. The number of ketones is 1. The Morgan fingerprint density at radius 3 is 2.26 bits per heavy atom. The monoisotopic (exact) mass is 306 g/mol. The van der Waals surface area contributed by atoms with Gasteiger partial charge in [0.1, 0.15) is 0 Å². The third kappa shape index (κ3) is 3.48. The molecule has 0 saturated carbocycles. The van der Waals surface area contributed by atoms with Gasteiger partial charge in [-0.25, -0.2) is 0 Å². The van der Waals surface area contributed by atoms with Gasteiger partial charge in [-0.05, 0) is 12.1 Å².